The van der Waals surface area contributed by atoms with E-state index in [1.54, 1.807) is 0 Å². The van der Waals surface area contributed by atoms with Gasteiger partial charge in [0.25, 0.3) is 0 Å². The van der Waals surface area contributed by atoms with E-state index < -0.39 is 0 Å². The van der Waals surface area contributed by atoms with Gasteiger partial charge in [-0.3, -0.25) is 4.98 Å². The number of nitrogens with zero attached hydrogens (tertiary/aromatic N) is 1. The lowest BCUT2D eigenvalue weighted by atomic mass is 9.61. The van der Waals surface area contributed by atoms with Gasteiger partial charge in [0.05, 0.1) is 5.52 Å². The van der Waals surface area contributed by atoms with Gasteiger partial charge in [0, 0.05) is 23.2 Å². The number of nitrogens with one attached hydrogen (secondary N) is 1. The number of pyridine rings is 1. The molecule has 4 rings (SSSR count). The molecular formula is C20H26N2. The Morgan fingerprint density at radius 3 is 2.82 bits per heavy atom. The minimum absolute atomic E-state index is 0.228. The average molecular weight is 294 g/mol. The zero-order valence-electron chi connectivity index (χ0n) is 13.8. The monoisotopic (exact) mass is 294 g/mol. The summed E-state index contributed by atoms with van der Waals surface area (Å²) in [6.45, 7) is 7.22. The van der Waals surface area contributed by atoms with Crippen molar-refractivity contribution < 1.29 is 0 Å². The maximum Gasteiger partial charge on any atom is 0.0705 e. The molecule has 1 N–H and O–H groups in total. The fourth-order valence-electron chi connectivity index (χ4n) is 4.80. The van der Waals surface area contributed by atoms with Gasteiger partial charge in [-0.05, 0) is 62.1 Å². The summed E-state index contributed by atoms with van der Waals surface area (Å²) < 4.78 is 0. The molecule has 1 saturated carbocycles. The van der Waals surface area contributed by atoms with Gasteiger partial charge in [-0.1, -0.05) is 31.5 Å². The number of benzene rings is 1. The molecule has 4 atom stereocenters. The minimum Gasteiger partial charge on any atom is -0.304 e. The van der Waals surface area contributed by atoms with Gasteiger partial charge < -0.3 is 5.32 Å². The molecule has 22 heavy (non-hydrogen) atoms. The molecule has 2 aliphatic rings. The van der Waals surface area contributed by atoms with Crippen LogP contribution in [0.4, 0.5) is 0 Å². The topological polar surface area (TPSA) is 24.9 Å². The number of aromatic nitrogens is 1. The van der Waals surface area contributed by atoms with Crippen LogP contribution in [0.3, 0.4) is 0 Å². The largest absolute Gasteiger partial charge is 0.304 e. The summed E-state index contributed by atoms with van der Waals surface area (Å²) >= 11 is 0. The van der Waals surface area contributed by atoms with Crippen LogP contribution in [0.1, 0.15) is 51.6 Å². The number of fused-ring (bicyclic) bond motifs is 3. The lowest BCUT2D eigenvalue weighted by molar-refractivity contribution is 0.0265. The Bertz CT molecular complexity index is 686. The number of hydrogen-bond donors (Lipinski definition) is 1. The Hall–Kier alpha value is -1.41. The van der Waals surface area contributed by atoms with Crippen LogP contribution >= 0.6 is 0 Å². The average Bonchev–Trinajstić information content (AvgIpc) is 2.52. The molecule has 1 aromatic carbocycles. The molecule has 2 nitrogen and oxygen atoms in total. The van der Waals surface area contributed by atoms with E-state index in [0.29, 0.717) is 6.04 Å². The molecule has 116 valence electrons. The van der Waals surface area contributed by atoms with Crippen molar-refractivity contribution in [3.63, 3.8) is 0 Å². The first-order valence-corrected chi connectivity index (χ1v) is 8.67. The van der Waals surface area contributed by atoms with E-state index in [4.69, 9.17) is 0 Å². The van der Waals surface area contributed by atoms with Crippen molar-refractivity contribution in [3.05, 3.63) is 42.1 Å². The Morgan fingerprint density at radius 1 is 1.14 bits per heavy atom. The Kier molecular flexibility index (Phi) is 3.26. The van der Waals surface area contributed by atoms with Crippen LogP contribution in [0.25, 0.3) is 10.9 Å². The summed E-state index contributed by atoms with van der Waals surface area (Å²) in [5.41, 5.74) is 2.78. The molecule has 4 unspecified atom stereocenters. The molecule has 2 aromatic rings. The van der Waals surface area contributed by atoms with E-state index in [1.165, 1.54) is 30.2 Å². The highest BCUT2D eigenvalue weighted by atomic mass is 15.0. The molecule has 1 aromatic heterocycles. The third-order valence-corrected chi connectivity index (χ3v) is 6.25. The molecule has 0 amide bonds. The van der Waals surface area contributed by atoms with E-state index in [9.17, 15) is 0 Å². The van der Waals surface area contributed by atoms with Gasteiger partial charge in [0.2, 0.25) is 0 Å². The predicted octanol–water partition coefficient (Wildman–Crippen LogP) is 4.71. The molecule has 2 heterocycles. The first-order chi connectivity index (χ1) is 10.6. The second-order valence-corrected chi connectivity index (χ2v) is 7.91. The van der Waals surface area contributed by atoms with Crippen LogP contribution < -0.4 is 5.32 Å². The van der Waals surface area contributed by atoms with Crippen molar-refractivity contribution in [2.45, 2.75) is 51.6 Å². The van der Waals surface area contributed by atoms with Gasteiger partial charge in [0.1, 0.15) is 0 Å². The summed E-state index contributed by atoms with van der Waals surface area (Å²) in [7, 11) is 0. The highest BCUT2D eigenvalue weighted by Crippen LogP contribution is 2.50. The van der Waals surface area contributed by atoms with Crippen molar-refractivity contribution >= 4 is 10.9 Å². The SMILES string of the molecule is CC1CCC2CC1C(c1ccnc3ccccc13)NC2(C)C. The van der Waals surface area contributed by atoms with Gasteiger partial charge in [-0.15, -0.1) is 0 Å². The van der Waals surface area contributed by atoms with Crippen LogP contribution in [0.2, 0.25) is 0 Å². The first kappa shape index (κ1) is 14.2. The van der Waals surface area contributed by atoms with Crippen molar-refractivity contribution in [2.75, 3.05) is 0 Å². The lowest BCUT2D eigenvalue weighted by Crippen LogP contribution is -2.57. The second kappa shape index (κ2) is 5.06. The molecular weight excluding hydrogens is 268 g/mol. The van der Waals surface area contributed by atoms with Crippen LogP contribution in [0.5, 0.6) is 0 Å². The van der Waals surface area contributed by atoms with Crippen LogP contribution in [-0.4, -0.2) is 10.5 Å². The zero-order valence-corrected chi connectivity index (χ0v) is 13.8. The molecule has 0 radical (unpaired) electrons. The Labute approximate surface area is 133 Å². The van der Waals surface area contributed by atoms with Crippen molar-refractivity contribution in [1.29, 1.82) is 0 Å². The maximum atomic E-state index is 4.54. The Balaban J connectivity index is 1.82. The summed E-state index contributed by atoms with van der Waals surface area (Å²) in [5.74, 6) is 2.37. The summed E-state index contributed by atoms with van der Waals surface area (Å²) in [6, 6.07) is 11.3. The lowest BCUT2D eigenvalue weighted by Gasteiger charge is -2.53. The predicted molar refractivity (Wildman–Crippen MR) is 91.7 cm³/mol. The van der Waals surface area contributed by atoms with E-state index in [1.807, 2.05) is 6.20 Å². The Morgan fingerprint density at radius 2 is 1.95 bits per heavy atom. The fraction of sp³-hybridized carbons (Fsp3) is 0.550. The zero-order chi connectivity index (χ0) is 15.3. The first-order valence-electron chi connectivity index (χ1n) is 8.67. The summed E-state index contributed by atoms with van der Waals surface area (Å²) in [4.78, 5) is 4.54. The molecule has 1 saturated heterocycles. The quantitative estimate of drug-likeness (QED) is 0.824. The molecule has 2 fully saturated rings. The van der Waals surface area contributed by atoms with Crippen LogP contribution in [0.15, 0.2) is 36.5 Å². The standard InChI is InChI=1S/C20H26N2/c1-13-8-9-14-12-17(13)19(22-20(14,2)3)16-10-11-21-18-7-5-4-6-15(16)18/h4-7,10-11,13-14,17,19,22H,8-9,12H2,1-3H3. The number of para-hydroxylation sites is 1. The van der Waals surface area contributed by atoms with E-state index in [0.717, 1.165) is 23.3 Å². The highest BCUT2D eigenvalue weighted by molar-refractivity contribution is 5.82. The number of piperidine rings is 1. The summed E-state index contributed by atoms with van der Waals surface area (Å²) in [5, 5.41) is 5.32. The van der Waals surface area contributed by atoms with Gasteiger partial charge in [0.15, 0.2) is 0 Å². The van der Waals surface area contributed by atoms with Gasteiger partial charge in [-0.25, -0.2) is 0 Å². The third kappa shape index (κ3) is 2.16. The van der Waals surface area contributed by atoms with E-state index in [-0.39, 0.29) is 5.54 Å². The molecule has 2 heteroatoms. The van der Waals surface area contributed by atoms with Crippen molar-refractivity contribution in [3.8, 4) is 0 Å². The second-order valence-electron chi connectivity index (χ2n) is 7.91. The molecule has 1 aliphatic carbocycles. The summed E-state index contributed by atoms with van der Waals surface area (Å²) in [6.07, 6.45) is 6.09. The molecule has 2 bridgehead atoms. The molecule has 0 spiro atoms. The normalized spacial score (nSPS) is 33.8. The van der Waals surface area contributed by atoms with Crippen molar-refractivity contribution in [1.82, 2.24) is 10.3 Å². The third-order valence-electron chi connectivity index (χ3n) is 6.25. The van der Waals surface area contributed by atoms with Crippen molar-refractivity contribution in [2.24, 2.45) is 17.8 Å². The number of hydrogen-bond acceptors (Lipinski definition) is 2. The van der Waals surface area contributed by atoms with Gasteiger partial charge >= 0.3 is 0 Å². The highest BCUT2D eigenvalue weighted by Gasteiger charge is 2.46. The van der Waals surface area contributed by atoms with Crippen LogP contribution in [0, 0.1) is 17.8 Å². The maximum absolute atomic E-state index is 4.54. The number of rotatable bonds is 1. The van der Waals surface area contributed by atoms with E-state index in [2.05, 4.69) is 61.4 Å². The fourth-order valence-corrected chi connectivity index (χ4v) is 4.80. The molecule has 1 aliphatic heterocycles. The van der Waals surface area contributed by atoms with Gasteiger partial charge in [-0.2, -0.15) is 0 Å². The van der Waals surface area contributed by atoms with Crippen LogP contribution in [-0.2, 0) is 0 Å². The smallest absolute Gasteiger partial charge is 0.0705 e. The van der Waals surface area contributed by atoms with E-state index >= 15 is 0 Å². The minimum atomic E-state index is 0.228.